The first-order valence-electron chi connectivity index (χ1n) is 8.79. The van der Waals surface area contributed by atoms with Crippen molar-refractivity contribution in [1.82, 2.24) is 0 Å². The smallest absolute Gasteiger partial charge is 0.00802 e. The molecule has 3 rings (SSSR count). The van der Waals surface area contributed by atoms with Gasteiger partial charge in [-0.3, -0.25) is 0 Å². The number of benzene rings is 1. The van der Waals surface area contributed by atoms with Gasteiger partial charge in [0.25, 0.3) is 0 Å². The van der Waals surface area contributed by atoms with Gasteiger partial charge in [-0.05, 0) is 67.4 Å². The molecular weight excluding hydrogens is 264 g/mol. The van der Waals surface area contributed by atoms with Crippen LogP contribution in [0.5, 0.6) is 0 Å². The normalized spacial score (nSPS) is 32.2. The quantitative estimate of drug-likeness (QED) is 0.564. The van der Waals surface area contributed by atoms with Gasteiger partial charge < -0.3 is 0 Å². The second kappa shape index (κ2) is 6.69. The van der Waals surface area contributed by atoms with Crippen molar-refractivity contribution in [3.8, 4) is 0 Å². The summed E-state index contributed by atoms with van der Waals surface area (Å²) in [5, 5.41) is 0. The average Bonchev–Trinajstić information content (AvgIpc) is 2.57. The van der Waals surface area contributed by atoms with Crippen LogP contribution in [0.25, 0.3) is 5.57 Å². The molecule has 1 saturated carbocycles. The molecule has 0 spiro atoms. The van der Waals surface area contributed by atoms with E-state index >= 15 is 0 Å². The molecule has 0 aliphatic heterocycles. The number of hydrogen-bond donors (Lipinski definition) is 0. The largest absolute Gasteiger partial charge is 0.0914 e. The maximum Gasteiger partial charge on any atom is -0.00802 e. The summed E-state index contributed by atoms with van der Waals surface area (Å²) in [5.41, 5.74) is 3.09. The van der Waals surface area contributed by atoms with Crippen LogP contribution in [0.3, 0.4) is 0 Å². The SMILES string of the molecule is CC=C[C@H]1CC[C@H](C2(C)C=CC(c3ccccc3)=CC2)CC1. The molecule has 0 bridgehead atoms. The zero-order valence-electron chi connectivity index (χ0n) is 14.0. The van der Waals surface area contributed by atoms with Crippen molar-refractivity contribution in [3.05, 3.63) is 66.3 Å². The van der Waals surface area contributed by atoms with Crippen molar-refractivity contribution in [2.45, 2.75) is 46.0 Å². The monoisotopic (exact) mass is 292 g/mol. The molecule has 2 aliphatic carbocycles. The first-order chi connectivity index (χ1) is 10.7. The van der Waals surface area contributed by atoms with Gasteiger partial charge in [0, 0.05) is 0 Å². The molecule has 0 saturated heterocycles. The Morgan fingerprint density at radius 3 is 2.36 bits per heavy atom. The molecule has 0 amide bonds. The summed E-state index contributed by atoms with van der Waals surface area (Å²) in [6.45, 7) is 4.61. The van der Waals surface area contributed by atoms with E-state index in [1.165, 1.54) is 43.2 Å². The van der Waals surface area contributed by atoms with Crippen LogP contribution < -0.4 is 0 Å². The average molecular weight is 292 g/mol. The Balaban J connectivity index is 1.65. The molecule has 1 unspecified atom stereocenters. The van der Waals surface area contributed by atoms with Crippen LogP contribution >= 0.6 is 0 Å². The predicted molar refractivity (Wildman–Crippen MR) is 96.5 cm³/mol. The highest BCUT2D eigenvalue weighted by Gasteiger charge is 2.34. The van der Waals surface area contributed by atoms with E-state index in [2.05, 4.69) is 74.6 Å². The lowest BCUT2D eigenvalue weighted by atomic mass is 9.64. The van der Waals surface area contributed by atoms with Gasteiger partial charge in [-0.1, -0.05) is 67.6 Å². The highest BCUT2D eigenvalue weighted by atomic mass is 14.4. The first kappa shape index (κ1) is 15.3. The molecule has 1 aromatic rings. The Hall–Kier alpha value is -1.56. The molecule has 22 heavy (non-hydrogen) atoms. The molecule has 116 valence electrons. The standard InChI is InChI=1S/C22H28/c1-3-7-18-10-12-21(13-11-18)22(2)16-14-20(15-17-22)19-8-5-4-6-9-19/h3-9,14-16,18,21H,10-13,17H2,1-2H3/t18-,21-,22?. The van der Waals surface area contributed by atoms with E-state index < -0.39 is 0 Å². The van der Waals surface area contributed by atoms with Crippen molar-refractivity contribution < 1.29 is 0 Å². The minimum absolute atomic E-state index is 0.360. The van der Waals surface area contributed by atoms with Gasteiger partial charge in [-0.15, -0.1) is 0 Å². The van der Waals surface area contributed by atoms with Crippen molar-refractivity contribution in [1.29, 1.82) is 0 Å². The van der Waals surface area contributed by atoms with Gasteiger partial charge in [0.15, 0.2) is 0 Å². The Bertz CT molecular complexity index is 567. The van der Waals surface area contributed by atoms with Gasteiger partial charge in [0.05, 0.1) is 0 Å². The van der Waals surface area contributed by atoms with Gasteiger partial charge >= 0.3 is 0 Å². The third kappa shape index (κ3) is 3.27. The van der Waals surface area contributed by atoms with Gasteiger partial charge in [0.1, 0.15) is 0 Å². The molecule has 0 radical (unpaired) electrons. The van der Waals surface area contributed by atoms with Gasteiger partial charge in [-0.25, -0.2) is 0 Å². The summed E-state index contributed by atoms with van der Waals surface area (Å²) in [6, 6.07) is 10.8. The molecular formula is C22H28. The topological polar surface area (TPSA) is 0 Å². The van der Waals surface area contributed by atoms with Crippen LogP contribution in [0.15, 0.2) is 60.7 Å². The summed E-state index contributed by atoms with van der Waals surface area (Å²) in [4.78, 5) is 0. The molecule has 1 fully saturated rings. The van der Waals surface area contributed by atoms with Crippen molar-refractivity contribution >= 4 is 5.57 Å². The van der Waals surface area contributed by atoms with Crippen LogP contribution in [0, 0.1) is 17.3 Å². The third-order valence-corrected chi connectivity index (χ3v) is 5.68. The Morgan fingerprint density at radius 2 is 1.77 bits per heavy atom. The van der Waals surface area contributed by atoms with Gasteiger partial charge in [0.2, 0.25) is 0 Å². The van der Waals surface area contributed by atoms with Crippen LogP contribution in [-0.4, -0.2) is 0 Å². The van der Waals surface area contributed by atoms with Crippen LogP contribution in [0.1, 0.15) is 51.5 Å². The molecule has 0 nitrogen and oxygen atoms in total. The zero-order valence-corrected chi connectivity index (χ0v) is 14.0. The lowest BCUT2D eigenvalue weighted by Gasteiger charge is -2.40. The van der Waals surface area contributed by atoms with E-state index in [0.717, 1.165) is 11.8 Å². The fourth-order valence-corrected chi connectivity index (χ4v) is 4.14. The van der Waals surface area contributed by atoms with E-state index in [1.807, 2.05) is 0 Å². The summed E-state index contributed by atoms with van der Waals surface area (Å²) in [6.07, 6.45) is 18.6. The van der Waals surface area contributed by atoms with Crippen molar-refractivity contribution in [3.63, 3.8) is 0 Å². The Kier molecular flexibility index (Phi) is 4.66. The van der Waals surface area contributed by atoms with Crippen molar-refractivity contribution in [2.75, 3.05) is 0 Å². The lowest BCUT2D eigenvalue weighted by molar-refractivity contribution is 0.173. The van der Waals surface area contributed by atoms with Crippen molar-refractivity contribution in [2.24, 2.45) is 17.3 Å². The predicted octanol–water partition coefficient (Wildman–Crippen LogP) is 6.42. The second-order valence-electron chi connectivity index (χ2n) is 7.21. The van der Waals surface area contributed by atoms with E-state index in [0.29, 0.717) is 5.41 Å². The fourth-order valence-electron chi connectivity index (χ4n) is 4.14. The van der Waals surface area contributed by atoms with Crippen LogP contribution in [-0.2, 0) is 0 Å². The second-order valence-corrected chi connectivity index (χ2v) is 7.21. The molecule has 0 N–H and O–H groups in total. The molecule has 2 aliphatic rings. The summed E-state index contributed by atoms with van der Waals surface area (Å²) in [7, 11) is 0. The minimum Gasteiger partial charge on any atom is -0.0914 e. The highest BCUT2D eigenvalue weighted by Crippen LogP contribution is 2.46. The molecule has 0 aromatic heterocycles. The molecule has 0 heteroatoms. The minimum atomic E-state index is 0.360. The van der Waals surface area contributed by atoms with Gasteiger partial charge in [-0.2, -0.15) is 0 Å². The van der Waals surface area contributed by atoms with E-state index in [1.54, 1.807) is 0 Å². The summed E-state index contributed by atoms with van der Waals surface area (Å²) in [5.74, 6) is 1.67. The fraction of sp³-hybridized carbons (Fsp3) is 0.455. The Morgan fingerprint density at radius 1 is 1.05 bits per heavy atom. The maximum atomic E-state index is 2.50. The number of hydrogen-bond acceptors (Lipinski definition) is 0. The van der Waals surface area contributed by atoms with E-state index in [4.69, 9.17) is 0 Å². The maximum absolute atomic E-state index is 2.50. The van der Waals surface area contributed by atoms with E-state index in [9.17, 15) is 0 Å². The van der Waals surface area contributed by atoms with Crippen LogP contribution in [0.2, 0.25) is 0 Å². The highest BCUT2D eigenvalue weighted by molar-refractivity contribution is 5.75. The van der Waals surface area contributed by atoms with E-state index in [-0.39, 0.29) is 0 Å². The Labute approximate surface area is 135 Å². The molecule has 1 atom stereocenters. The summed E-state index contributed by atoms with van der Waals surface area (Å²) >= 11 is 0. The zero-order chi connectivity index (χ0) is 15.4. The molecule has 1 aromatic carbocycles. The summed E-state index contributed by atoms with van der Waals surface area (Å²) < 4.78 is 0. The molecule has 0 heterocycles. The lowest BCUT2D eigenvalue weighted by Crippen LogP contribution is -2.29. The number of rotatable bonds is 3. The van der Waals surface area contributed by atoms with Crippen LogP contribution in [0.4, 0.5) is 0 Å². The number of allylic oxidation sites excluding steroid dienone is 6. The third-order valence-electron chi connectivity index (χ3n) is 5.68. The first-order valence-corrected chi connectivity index (χ1v) is 8.79.